The SMILES string of the molecule is CN1CCN(N2CN=C3NC(c4ccc(N(C)C)cc4)n4c(nc5ccccc54)N3C2)CC1. The first-order valence-corrected chi connectivity index (χ1v) is 11.6. The van der Waals surface area contributed by atoms with Gasteiger partial charge in [-0.15, -0.1) is 0 Å². The van der Waals surface area contributed by atoms with Crippen molar-refractivity contribution in [3.8, 4) is 0 Å². The molecule has 9 heteroatoms. The summed E-state index contributed by atoms with van der Waals surface area (Å²) in [5, 5.41) is 8.49. The number of hydrogen-bond acceptors (Lipinski definition) is 8. The van der Waals surface area contributed by atoms with Crippen LogP contribution >= 0.6 is 0 Å². The van der Waals surface area contributed by atoms with Gasteiger partial charge in [-0.3, -0.25) is 9.47 Å². The number of likely N-dealkylation sites (N-methyl/N-ethyl adjacent to an activating group) is 1. The van der Waals surface area contributed by atoms with Crippen LogP contribution in [0, 0.1) is 0 Å². The van der Waals surface area contributed by atoms with Gasteiger partial charge in [0.05, 0.1) is 17.7 Å². The van der Waals surface area contributed by atoms with Gasteiger partial charge in [0.2, 0.25) is 11.9 Å². The van der Waals surface area contributed by atoms with E-state index in [1.165, 1.54) is 11.3 Å². The predicted octanol–water partition coefficient (Wildman–Crippen LogP) is 1.81. The number of piperazine rings is 1. The van der Waals surface area contributed by atoms with Gasteiger partial charge in [-0.2, -0.15) is 0 Å². The van der Waals surface area contributed by atoms with E-state index in [2.05, 4.69) is 104 Å². The van der Waals surface area contributed by atoms with Gasteiger partial charge in [0.15, 0.2) is 0 Å². The van der Waals surface area contributed by atoms with Crippen LogP contribution in [0.5, 0.6) is 0 Å². The van der Waals surface area contributed by atoms with Gasteiger partial charge < -0.3 is 15.1 Å². The van der Waals surface area contributed by atoms with Crippen molar-refractivity contribution in [2.24, 2.45) is 4.99 Å². The van der Waals surface area contributed by atoms with E-state index in [0.717, 1.165) is 55.8 Å². The van der Waals surface area contributed by atoms with Crippen LogP contribution in [0.2, 0.25) is 0 Å². The Morgan fingerprint density at radius 2 is 1.70 bits per heavy atom. The summed E-state index contributed by atoms with van der Waals surface area (Å²) < 4.78 is 2.31. The molecule has 0 radical (unpaired) electrons. The van der Waals surface area contributed by atoms with Crippen molar-refractivity contribution in [2.45, 2.75) is 6.17 Å². The number of benzene rings is 2. The Labute approximate surface area is 194 Å². The summed E-state index contributed by atoms with van der Waals surface area (Å²) in [6, 6.07) is 17.1. The zero-order chi connectivity index (χ0) is 22.5. The number of hydrogen-bond donors (Lipinski definition) is 1. The second kappa shape index (κ2) is 8.02. The standard InChI is InChI=1S/C24H31N9/c1-28(2)19-10-8-18(9-11-19)22-27-23-25-16-31(30-14-12-29(3)13-15-30)17-32(23)24-26-20-6-4-5-7-21(20)33(22)24/h4-11,22H,12-17H2,1-3H3,(H,25,27). The van der Waals surface area contributed by atoms with Crippen molar-refractivity contribution >= 4 is 28.6 Å². The summed E-state index contributed by atoms with van der Waals surface area (Å²) in [6.45, 7) is 5.61. The summed E-state index contributed by atoms with van der Waals surface area (Å²) in [5.74, 6) is 1.83. The average Bonchev–Trinajstić information content (AvgIpc) is 3.24. The molecule has 2 aromatic carbocycles. The number of aromatic nitrogens is 2. The largest absolute Gasteiger partial charge is 0.378 e. The van der Waals surface area contributed by atoms with Gasteiger partial charge >= 0.3 is 0 Å². The number of nitrogens with one attached hydrogen (secondary N) is 1. The van der Waals surface area contributed by atoms with E-state index in [1.54, 1.807) is 0 Å². The van der Waals surface area contributed by atoms with Gasteiger partial charge in [-0.05, 0) is 36.9 Å². The average molecular weight is 446 g/mol. The number of guanidine groups is 1. The summed E-state index contributed by atoms with van der Waals surface area (Å²) in [5.41, 5.74) is 4.50. The summed E-state index contributed by atoms with van der Waals surface area (Å²) >= 11 is 0. The summed E-state index contributed by atoms with van der Waals surface area (Å²) in [4.78, 5) is 16.7. The van der Waals surface area contributed by atoms with Gasteiger partial charge in [0.25, 0.3) is 0 Å². The van der Waals surface area contributed by atoms with Crippen LogP contribution < -0.4 is 15.1 Å². The van der Waals surface area contributed by atoms with E-state index in [1.807, 2.05) is 0 Å². The molecule has 0 spiro atoms. The Kier molecular flexibility index (Phi) is 4.97. The molecule has 3 aromatic rings. The zero-order valence-electron chi connectivity index (χ0n) is 19.5. The zero-order valence-corrected chi connectivity index (χ0v) is 19.5. The Morgan fingerprint density at radius 1 is 0.939 bits per heavy atom. The fourth-order valence-electron chi connectivity index (χ4n) is 4.90. The molecule has 1 atom stereocenters. The molecule has 172 valence electrons. The van der Waals surface area contributed by atoms with Crippen LogP contribution in [-0.4, -0.2) is 91.1 Å². The molecule has 0 amide bonds. The number of fused-ring (bicyclic) bond motifs is 5. The van der Waals surface area contributed by atoms with E-state index in [4.69, 9.17) is 9.98 Å². The molecule has 1 unspecified atom stereocenters. The van der Waals surface area contributed by atoms with E-state index in [9.17, 15) is 0 Å². The maximum atomic E-state index is 5.06. The van der Waals surface area contributed by atoms with Gasteiger partial charge in [0.1, 0.15) is 12.8 Å². The van der Waals surface area contributed by atoms with Crippen LogP contribution in [-0.2, 0) is 0 Å². The van der Waals surface area contributed by atoms with E-state index >= 15 is 0 Å². The highest BCUT2D eigenvalue weighted by Crippen LogP contribution is 2.34. The Bertz CT molecular complexity index is 1170. The van der Waals surface area contributed by atoms with Crippen molar-refractivity contribution < 1.29 is 0 Å². The first-order chi connectivity index (χ1) is 16.1. The molecule has 1 fully saturated rings. The van der Waals surface area contributed by atoms with E-state index in [0.29, 0.717) is 6.67 Å². The number of nitrogens with zero attached hydrogens (tertiary/aromatic N) is 8. The van der Waals surface area contributed by atoms with Crippen LogP contribution in [0.15, 0.2) is 53.5 Å². The maximum Gasteiger partial charge on any atom is 0.216 e. The molecular formula is C24H31N9. The lowest BCUT2D eigenvalue weighted by Crippen LogP contribution is -2.62. The molecule has 0 bridgehead atoms. The third-order valence-electron chi connectivity index (χ3n) is 6.89. The van der Waals surface area contributed by atoms with Crippen LogP contribution in [0.1, 0.15) is 11.7 Å². The number of imidazole rings is 1. The van der Waals surface area contributed by atoms with Crippen molar-refractivity contribution in [1.82, 2.24) is 29.8 Å². The van der Waals surface area contributed by atoms with Crippen molar-refractivity contribution in [1.29, 1.82) is 0 Å². The molecule has 4 heterocycles. The van der Waals surface area contributed by atoms with Crippen molar-refractivity contribution in [2.75, 3.05) is 70.5 Å². The Morgan fingerprint density at radius 3 is 2.45 bits per heavy atom. The first-order valence-electron chi connectivity index (χ1n) is 11.6. The highest BCUT2D eigenvalue weighted by molar-refractivity contribution is 5.98. The number of rotatable bonds is 3. The van der Waals surface area contributed by atoms with Gasteiger partial charge in [0, 0.05) is 46.0 Å². The minimum atomic E-state index is -0.0613. The number of para-hydroxylation sites is 2. The molecule has 33 heavy (non-hydrogen) atoms. The summed E-state index contributed by atoms with van der Waals surface area (Å²) in [6.07, 6.45) is -0.0613. The third-order valence-corrected chi connectivity index (χ3v) is 6.89. The van der Waals surface area contributed by atoms with Crippen LogP contribution in [0.25, 0.3) is 11.0 Å². The molecule has 1 saturated heterocycles. The monoisotopic (exact) mass is 445 g/mol. The Balaban J connectivity index is 1.39. The molecule has 9 nitrogen and oxygen atoms in total. The van der Waals surface area contributed by atoms with E-state index in [-0.39, 0.29) is 6.17 Å². The second-order valence-corrected chi connectivity index (χ2v) is 9.26. The third kappa shape index (κ3) is 3.52. The predicted molar refractivity (Wildman–Crippen MR) is 132 cm³/mol. The van der Waals surface area contributed by atoms with Crippen molar-refractivity contribution in [3.63, 3.8) is 0 Å². The summed E-state index contributed by atoms with van der Waals surface area (Å²) in [7, 11) is 6.32. The fraction of sp³-hybridized carbons (Fsp3) is 0.417. The normalized spacial score (nSPS) is 22.0. The lowest BCUT2D eigenvalue weighted by Gasteiger charge is -2.46. The highest BCUT2D eigenvalue weighted by Gasteiger charge is 2.37. The molecule has 0 saturated carbocycles. The smallest absolute Gasteiger partial charge is 0.216 e. The van der Waals surface area contributed by atoms with Crippen molar-refractivity contribution in [3.05, 3.63) is 54.1 Å². The van der Waals surface area contributed by atoms with E-state index < -0.39 is 0 Å². The van der Waals surface area contributed by atoms with Crippen LogP contribution in [0.4, 0.5) is 11.6 Å². The lowest BCUT2D eigenvalue weighted by molar-refractivity contribution is -0.0528. The number of aliphatic imine (C=N–C) groups is 1. The fourth-order valence-corrected chi connectivity index (χ4v) is 4.90. The molecule has 1 N–H and O–H groups in total. The molecular weight excluding hydrogens is 414 g/mol. The second-order valence-electron chi connectivity index (χ2n) is 9.26. The quantitative estimate of drug-likeness (QED) is 0.660. The van der Waals surface area contributed by atoms with Gasteiger partial charge in [-0.1, -0.05) is 24.3 Å². The lowest BCUT2D eigenvalue weighted by atomic mass is 10.1. The molecule has 6 rings (SSSR count). The topological polar surface area (TPSA) is 58.4 Å². The molecule has 0 aliphatic carbocycles. The highest BCUT2D eigenvalue weighted by atomic mass is 15.7. The van der Waals surface area contributed by atoms with Crippen LogP contribution in [0.3, 0.4) is 0 Å². The first kappa shape index (κ1) is 20.5. The Hall–Kier alpha value is -3.14. The molecule has 3 aliphatic rings. The molecule has 1 aromatic heterocycles. The minimum Gasteiger partial charge on any atom is -0.378 e. The number of hydrazine groups is 1. The molecule has 3 aliphatic heterocycles. The number of anilines is 2. The maximum absolute atomic E-state index is 5.06. The minimum absolute atomic E-state index is 0.0613. The van der Waals surface area contributed by atoms with Gasteiger partial charge in [-0.25, -0.2) is 20.0 Å².